The quantitative estimate of drug-likeness (QED) is 0.533. The van der Waals surface area contributed by atoms with E-state index in [-0.39, 0.29) is 22.9 Å². The van der Waals surface area contributed by atoms with Crippen molar-refractivity contribution in [2.75, 3.05) is 0 Å². The first kappa shape index (κ1) is 15.2. The predicted molar refractivity (Wildman–Crippen MR) is 83.5 cm³/mol. The average Bonchev–Trinajstić information content (AvgIpc) is 2.54. The normalized spacial score (nSPS) is 15.5. The topological polar surface area (TPSA) is 102 Å². The molecule has 1 N–H and O–H groups in total. The number of fused-ring (bicyclic) bond motifs is 1. The molecule has 23 heavy (non-hydrogen) atoms. The Labute approximate surface area is 131 Å². The molecular formula is C16H16N2O5. The van der Waals surface area contributed by atoms with Gasteiger partial charge in [-0.2, -0.15) is 0 Å². The fourth-order valence-corrected chi connectivity index (χ4v) is 2.89. The lowest BCUT2D eigenvalue weighted by Gasteiger charge is -2.22. The summed E-state index contributed by atoms with van der Waals surface area (Å²) in [6, 6.07) is 5.32. The number of carbonyl (C=O) groups excluding carboxylic acids is 1. The largest absolute Gasteiger partial charge is 0.422 e. The van der Waals surface area contributed by atoms with Gasteiger partial charge >= 0.3 is 5.63 Å². The van der Waals surface area contributed by atoms with Crippen LogP contribution >= 0.6 is 0 Å². The van der Waals surface area contributed by atoms with E-state index in [0.29, 0.717) is 5.39 Å². The molecule has 1 aromatic heterocycles. The Morgan fingerprint density at radius 2 is 1.96 bits per heavy atom. The Kier molecular flexibility index (Phi) is 4.10. The zero-order valence-electron chi connectivity index (χ0n) is 12.4. The van der Waals surface area contributed by atoms with E-state index >= 15 is 0 Å². The number of hydrogen-bond acceptors (Lipinski definition) is 5. The zero-order chi connectivity index (χ0) is 16.4. The summed E-state index contributed by atoms with van der Waals surface area (Å²) in [5.74, 6) is -0.487. The highest BCUT2D eigenvalue weighted by Crippen LogP contribution is 2.21. The summed E-state index contributed by atoms with van der Waals surface area (Å²) in [7, 11) is 0. The predicted octanol–water partition coefficient (Wildman–Crippen LogP) is 2.76. The maximum Gasteiger partial charge on any atom is 0.349 e. The van der Waals surface area contributed by atoms with Crippen LogP contribution < -0.4 is 10.9 Å². The zero-order valence-corrected chi connectivity index (χ0v) is 12.4. The molecule has 7 nitrogen and oxygen atoms in total. The highest BCUT2D eigenvalue weighted by molar-refractivity contribution is 5.97. The number of nitro benzene ring substituents is 1. The van der Waals surface area contributed by atoms with E-state index in [2.05, 4.69) is 5.32 Å². The summed E-state index contributed by atoms with van der Waals surface area (Å²) in [4.78, 5) is 34.6. The van der Waals surface area contributed by atoms with Gasteiger partial charge in [0.05, 0.1) is 4.92 Å². The van der Waals surface area contributed by atoms with Crippen molar-refractivity contribution in [1.29, 1.82) is 0 Å². The lowest BCUT2D eigenvalue weighted by atomic mass is 9.95. The number of rotatable bonds is 3. The summed E-state index contributed by atoms with van der Waals surface area (Å²) in [5.41, 5.74) is -0.761. The molecule has 1 aliphatic carbocycles. The number of non-ortho nitro benzene ring substituents is 1. The summed E-state index contributed by atoms with van der Waals surface area (Å²) in [6.45, 7) is 0. The number of amides is 1. The van der Waals surface area contributed by atoms with Crippen molar-refractivity contribution >= 4 is 22.6 Å². The van der Waals surface area contributed by atoms with E-state index in [1.807, 2.05) is 0 Å². The molecule has 2 aromatic rings. The Morgan fingerprint density at radius 1 is 1.22 bits per heavy atom. The van der Waals surface area contributed by atoms with Crippen LogP contribution in [0.15, 0.2) is 33.5 Å². The molecule has 0 aliphatic heterocycles. The Morgan fingerprint density at radius 3 is 2.65 bits per heavy atom. The van der Waals surface area contributed by atoms with E-state index in [9.17, 15) is 19.7 Å². The van der Waals surface area contributed by atoms with Gasteiger partial charge in [-0.05, 0) is 25.0 Å². The van der Waals surface area contributed by atoms with Crippen LogP contribution in [0.5, 0.6) is 0 Å². The smallest absolute Gasteiger partial charge is 0.349 e. The van der Waals surface area contributed by atoms with Gasteiger partial charge in [-0.3, -0.25) is 14.9 Å². The minimum Gasteiger partial charge on any atom is -0.422 e. The van der Waals surface area contributed by atoms with Gasteiger partial charge < -0.3 is 9.73 Å². The molecule has 1 aliphatic rings. The van der Waals surface area contributed by atoms with Crippen LogP contribution in [-0.2, 0) is 0 Å². The SMILES string of the molecule is O=C(NC1CCCCC1)c1cc2cc([N+](=O)[O-])ccc2oc1=O. The highest BCUT2D eigenvalue weighted by Gasteiger charge is 2.20. The van der Waals surface area contributed by atoms with E-state index < -0.39 is 16.5 Å². The van der Waals surface area contributed by atoms with Crippen LogP contribution in [0.1, 0.15) is 42.5 Å². The van der Waals surface area contributed by atoms with Gasteiger partial charge in [0, 0.05) is 23.6 Å². The average molecular weight is 316 g/mol. The Hall–Kier alpha value is -2.70. The molecule has 7 heteroatoms. The molecule has 1 saturated carbocycles. The van der Waals surface area contributed by atoms with Gasteiger partial charge in [0.2, 0.25) is 0 Å². The first-order valence-electron chi connectivity index (χ1n) is 7.58. The van der Waals surface area contributed by atoms with Crippen molar-refractivity contribution in [3.05, 3.63) is 50.4 Å². The molecule has 1 aromatic carbocycles. The molecule has 0 spiro atoms. The fourth-order valence-electron chi connectivity index (χ4n) is 2.89. The number of benzene rings is 1. The molecule has 0 unspecified atom stereocenters. The minimum absolute atomic E-state index is 0.0662. The van der Waals surface area contributed by atoms with Crippen molar-refractivity contribution in [1.82, 2.24) is 5.32 Å². The molecule has 0 saturated heterocycles. The maximum absolute atomic E-state index is 12.3. The summed E-state index contributed by atoms with van der Waals surface area (Å²) in [5, 5.41) is 14.0. The summed E-state index contributed by atoms with van der Waals surface area (Å²) < 4.78 is 5.10. The first-order valence-corrected chi connectivity index (χ1v) is 7.58. The highest BCUT2D eigenvalue weighted by atomic mass is 16.6. The van der Waals surface area contributed by atoms with Crippen LogP contribution in [0.2, 0.25) is 0 Å². The van der Waals surface area contributed by atoms with Crippen molar-refractivity contribution in [3.63, 3.8) is 0 Å². The molecule has 3 rings (SSSR count). The van der Waals surface area contributed by atoms with E-state index in [0.717, 1.165) is 32.1 Å². The lowest BCUT2D eigenvalue weighted by Crippen LogP contribution is -2.38. The van der Waals surface area contributed by atoms with Crippen molar-refractivity contribution in [2.45, 2.75) is 38.1 Å². The standard InChI is InChI=1S/C16H16N2O5/c19-15(17-11-4-2-1-3-5-11)13-9-10-8-12(18(21)22)6-7-14(10)23-16(13)20/h6-9,11H,1-5H2,(H,17,19). The van der Waals surface area contributed by atoms with E-state index in [4.69, 9.17) is 4.42 Å². The maximum atomic E-state index is 12.3. The van der Waals surface area contributed by atoms with Gasteiger partial charge in [0.15, 0.2) is 0 Å². The summed E-state index contributed by atoms with van der Waals surface area (Å²) >= 11 is 0. The first-order chi connectivity index (χ1) is 11.0. The second kappa shape index (κ2) is 6.20. The fraction of sp³-hybridized carbons (Fsp3) is 0.375. The molecule has 120 valence electrons. The molecule has 0 atom stereocenters. The van der Waals surface area contributed by atoms with Gasteiger partial charge in [0.1, 0.15) is 11.1 Å². The Bertz CT molecular complexity index is 821. The van der Waals surface area contributed by atoms with Gasteiger partial charge in [-0.25, -0.2) is 4.79 Å². The number of nitrogens with one attached hydrogen (secondary N) is 1. The number of nitrogens with zero attached hydrogens (tertiary/aromatic N) is 1. The van der Waals surface area contributed by atoms with Gasteiger partial charge in [0.25, 0.3) is 11.6 Å². The van der Waals surface area contributed by atoms with Gasteiger partial charge in [-0.1, -0.05) is 19.3 Å². The third-order valence-electron chi connectivity index (χ3n) is 4.11. The van der Waals surface area contributed by atoms with E-state index in [1.54, 1.807) is 0 Å². The van der Waals surface area contributed by atoms with Crippen molar-refractivity contribution < 1.29 is 14.1 Å². The third kappa shape index (κ3) is 3.23. The second-order valence-corrected chi connectivity index (χ2v) is 5.74. The van der Waals surface area contributed by atoms with Gasteiger partial charge in [-0.15, -0.1) is 0 Å². The Balaban J connectivity index is 1.92. The molecule has 1 fully saturated rings. The third-order valence-corrected chi connectivity index (χ3v) is 4.11. The summed E-state index contributed by atoms with van der Waals surface area (Å²) in [6.07, 6.45) is 5.08. The molecular weight excluding hydrogens is 300 g/mol. The van der Waals surface area contributed by atoms with Crippen LogP contribution in [0.25, 0.3) is 11.0 Å². The minimum atomic E-state index is -0.736. The van der Waals surface area contributed by atoms with Crippen LogP contribution in [0.3, 0.4) is 0 Å². The van der Waals surface area contributed by atoms with Crippen molar-refractivity contribution in [2.24, 2.45) is 0 Å². The number of hydrogen-bond donors (Lipinski definition) is 1. The molecule has 1 amide bonds. The van der Waals surface area contributed by atoms with E-state index in [1.165, 1.54) is 24.3 Å². The van der Waals surface area contributed by atoms with Crippen LogP contribution in [0.4, 0.5) is 5.69 Å². The monoisotopic (exact) mass is 316 g/mol. The number of carbonyl (C=O) groups is 1. The second-order valence-electron chi connectivity index (χ2n) is 5.74. The molecule has 0 bridgehead atoms. The van der Waals surface area contributed by atoms with Crippen molar-refractivity contribution in [3.8, 4) is 0 Å². The number of nitro groups is 1. The lowest BCUT2D eigenvalue weighted by molar-refractivity contribution is -0.384. The molecule has 0 radical (unpaired) electrons. The van der Waals surface area contributed by atoms with Crippen LogP contribution in [0, 0.1) is 10.1 Å². The molecule has 1 heterocycles. The van der Waals surface area contributed by atoms with Crippen LogP contribution in [-0.4, -0.2) is 16.9 Å².